The average Bonchev–Trinajstić information content (AvgIpc) is 2.83. The Morgan fingerprint density at radius 2 is 2.11 bits per heavy atom. The van der Waals surface area contributed by atoms with Crippen molar-refractivity contribution < 1.29 is 4.79 Å². The Morgan fingerprint density at radius 3 is 2.72 bits per heavy atom. The molecule has 7 nitrogen and oxygen atoms in total. The first kappa shape index (κ1) is 12.0. The van der Waals surface area contributed by atoms with E-state index in [0.717, 1.165) is 12.0 Å². The van der Waals surface area contributed by atoms with Gasteiger partial charge in [-0.15, -0.1) is 5.10 Å². The zero-order valence-electron chi connectivity index (χ0n) is 9.88. The van der Waals surface area contributed by atoms with E-state index in [4.69, 9.17) is 0 Å². The number of nitrogens with one attached hydrogen (secondary N) is 2. The van der Waals surface area contributed by atoms with E-state index in [1.807, 2.05) is 12.1 Å². The van der Waals surface area contributed by atoms with Crippen LogP contribution in [0, 0.1) is 0 Å². The average molecular weight is 247 g/mol. The van der Waals surface area contributed by atoms with E-state index in [-0.39, 0.29) is 11.7 Å². The van der Waals surface area contributed by atoms with Crippen LogP contribution in [0.5, 0.6) is 0 Å². The molecule has 94 valence electrons. The van der Waals surface area contributed by atoms with E-state index >= 15 is 0 Å². The summed E-state index contributed by atoms with van der Waals surface area (Å²) in [6.45, 7) is 0.539. The predicted octanol–water partition coefficient (Wildman–Crippen LogP) is -0.192. The third-order valence-corrected chi connectivity index (χ3v) is 2.54. The van der Waals surface area contributed by atoms with Crippen LogP contribution in [0.4, 0.5) is 0 Å². The van der Waals surface area contributed by atoms with Crippen LogP contribution in [0.2, 0.25) is 0 Å². The molecule has 0 fully saturated rings. The standard InChI is InChI=1S/C11H13N5O2/c1-16(7-4-8-2-5-12-6-3-8)10(17)9-13-11(18)15-14-9/h2-3,5-6H,4,7H2,1H3,(H2,13,14,15,18). The number of aromatic nitrogens is 4. The van der Waals surface area contributed by atoms with Crippen LogP contribution in [0.15, 0.2) is 29.3 Å². The number of aromatic amines is 2. The monoisotopic (exact) mass is 247 g/mol. The maximum atomic E-state index is 11.8. The summed E-state index contributed by atoms with van der Waals surface area (Å²) in [5.41, 5.74) is 0.612. The highest BCUT2D eigenvalue weighted by Gasteiger charge is 2.14. The summed E-state index contributed by atoms with van der Waals surface area (Å²) < 4.78 is 0. The number of nitrogens with zero attached hydrogens (tertiary/aromatic N) is 3. The van der Waals surface area contributed by atoms with Gasteiger partial charge in [0.15, 0.2) is 0 Å². The fourth-order valence-corrected chi connectivity index (χ4v) is 1.50. The lowest BCUT2D eigenvalue weighted by molar-refractivity contribution is 0.0785. The molecule has 0 unspecified atom stereocenters. The van der Waals surface area contributed by atoms with E-state index in [2.05, 4.69) is 20.2 Å². The van der Waals surface area contributed by atoms with Crippen LogP contribution in [0.1, 0.15) is 16.2 Å². The van der Waals surface area contributed by atoms with E-state index in [9.17, 15) is 9.59 Å². The SMILES string of the molecule is CN(CCc1ccncc1)C(=O)c1n[nH]c(=O)[nH]1. The van der Waals surface area contributed by atoms with Crippen molar-refractivity contribution in [3.63, 3.8) is 0 Å². The van der Waals surface area contributed by atoms with Gasteiger partial charge in [0.05, 0.1) is 0 Å². The number of pyridine rings is 1. The summed E-state index contributed by atoms with van der Waals surface area (Å²) >= 11 is 0. The van der Waals surface area contributed by atoms with Crippen molar-refractivity contribution in [3.05, 3.63) is 46.4 Å². The summed E-state index contributed by atoms with van der Waals surface area (Å²) in [5.74, 6) is -0.292. The van der Waals surface area contributed by atoms with Gasteiger partial charge >= 0.3 is 5.69 Å². The molecule has 0 saturated carbocycles. The Labute approximate surface area is 103 Å². The second-order valence-corrected chi connectivity index (χ2v) is 3.86. The lowest BCUT2D eigenvalue weighted by atomic mass is 10.2. The van der Waals surface area contributed by atoms with Crippen molar-refractivity contribution in [1.82, 2.24) is 25.1 Å². The molecule has 0 saturated heterocycles. The Hall–Kier alpha value is -2.44. The summed E-state index contributed by atoms with van der Waals surface area (Å²) in [6, 6.07) is 3.80. The highest BCUT2D eigenvalue weighted by molar-refractivity contribution is 5.90. The normalized spacial score (nSPS) is 10.3. The van der Waals surface area contributed by atoms with E-state index in [1.54, 1.807) is 19.4 Å². The zero-order valence-corrected chi connectivity index (χ0v) is 9.88. The smallest absolute Gasteiger partial charge is 0.339 e. The largest absolute Gasteiger partial charge is 0.341 e. The molecule has 2 N–H and O–H groups in total. The fraction of sp³-hybridized carbons (Fsp3) is 0.273. The van der Waals surface area contributed by atoms with Gasteiger partial charge in [0.25, 0.3) is 5.91 Å². The minimum absolute atomic E-state index is 0.0252. The van der Waals surface area contributed by atoms with Crippen LogP contribution >= 0.6 is 0 Å². The molecule has 0 radical (unpaired) electrons. The molecular formula is C11H13N5O2. The van der Waals surface area contributed by atoms with Crippen molar-refractivity contribution in [2.45, 2.75) is 6.42 Å². The van der Waals surface area contributed by atoms with Gasteiger partial charge in [-0.25, -0.2) is 9.89 Å². The lowest BCUT2D eigenvalue weighted by Gasteiger charge is -2.15. The molecular weight excluding hydrogens is 234 g/mol. The topological polar surface area (TPSA) is 94.7 Å². The van der Waals surface area contributed by atoms with Crippen molar-refractivity contribution >= 4 is 5.91 Å². The molecule has 2 rings (SSSR count). The van der Waals surface area contributed by atoms with Crippen LogP contribution < -0.4 is 5.69 Å². The molecule has 1 amide bonds. The Balaban J connectivity index is 1.94. The molecule has 2 heterocycles. The number of amides is 1. The molecule has 0 atom stereocenters. The molecule has 0 aliphatic carbocycles. The minimum Gasteiger partial charge on any atom is -0.339 e. The van der Waals surface area contributed by atoms with Crippen molar-refractivity contribution in [1.29, 1.82) is 0 Å². The number of rotatable bonds is 4. The second kappa shape index (κ2) is 5.26. The van der Waals surface area contributed by atoms with Gasteiger partial charge < -0.3 is 4.90 Å². The summed E-state index contributed by atoms with van der Waals surface area (Å²) in [6.07, 6.45) is 4.14. The number of hydrogen-bond donors (Lipinski definition) is 2. The van der Waals surface area contributed by atoms with Crippen molar-refractivity contribution in [3.8, 4) is 0 Å². The van der Waals surface area contributed by atoms with Crippen molar-refractivity contribution in [2.75, 3.05) is 13.6 Å². The third-order valence-electron chi connectivity index (χ3n) is 2.54. The molecule has 0 aromatic carbocycles. The number of hydrogen-bond acceptors (Lipinski definition) is 4. The minimum atomic E-state index is -0.485. The van der Waals surface area contributed by atoms with Crippen LogP contribution in [-0.4, -0.2) is 44.6 Å². The fourth-order valence-electron chi connectivity index (χ4n) is 1.50. The molecule has 0 spiro atoms. The van der Waals surface area contributed by atoms with Gasteiger partial charge in [0.2, 0.25) is 5.82 Å². The van der Waals surface area contributed by atoms with Gasteiger partial charge in [-0.1, -0.05) is 0 Å². The van der Waals surface area contributed by atoms with Crippen molar-refractivity contribution in [2.24, 2.45) is 0 Å². The molecule has 0 bridgehead atoms. The van der Waals surface area contributed by atoms with Gasteiger partial charge in [0, 0.05) is 26.0 Å². The van der Waals surface area contributed by atoms with E-state index in [0.29, 0.717) is 6.54 Å². The van der Waals surface area contributed by atoms with E-state index in [1.165, 1.54) is 4.90 Å². The van der Waals surface area contributed by atoms with Gasteiger partial charge in [-0.05, 0) is 24.1 Å². The van der Waals surface area contributed by atoms with E-state index < -0.39 is 5.69 Å². The molecule has 2 aromatic heterocycles. The predicted molar refractivity (Wildman–Crippen MR) is 64.1 cm³/mol. The number of likely N-dealkylation sites (N-methyl/N-ethyl adjacent to an activating group) is 1. The van der Waals surface area contributed by atoms with Crippen LogP contribution in [0.25, 0.3) is 0 Å². The highest BCUT2D eigenvalue weighted by Crippen LogP contribution is 2.00. The van der Waals surface area contributed by atoms with Crippen LogP contribution in [-0.2, 0) is 6.42 Å². The quantitative estimate of drug-likeness (QED) is 0.782. The molecule has 18 heavy (non-hydrogen) atoms. The first-order chi connectivity index (χ1) is 8.66. The first-order valence-corrected chi connectivity index (χ1v) is 5.46. The summed E-state index contributed by atoms with van der Waals surface area (Å²) in [7, 11) is 1.66. The maximum absolute atomic E-state index is 11.8. The van der Waals surface area contributed by atoms with Gasteiger partial charge in [-0.3, -0.25) is 14.8 Å². The van der Waals surface area contributed by atoms with Gasteiger partial charge in [-0.2, -0.15) is 0 Å². The molecule has 7 heteroatoms. The Kier molecular flexibility index (Phi) is 3.52. The number of H-pyrrole nitrogens is 2. The second-order valence-electron chi connectivity index (χ2n) is 3.86. The first-order valence-electron chi connectivity index (χ1n) is 5.46. The number of carbonyl (C=O) groups excluding carboxylic acids is 1. The molecule has 0 aliphatic rings. The van der Waals surface area contributed by atoms with Gasteiger partial charge in [0.1, 0.15) is 0 Å². The summed E-state index contributed by atoms with van der Waals surface area (Å²) in [5, 5.41) is 5.76. The summed E-state index contributed by atoms with van der Waals surface area (Å²) in [4.78, 5) is 30.4. The number of carbonyl (C=O) groups is 1. The molecule has 2 aromatic rings. The maximum Gasteiger partial charge on any atom is 0.341 e. The van der Waals surface area contributed by atoms with Crippen LogP contribution in [0.3, 0.4) is 0 Å². The third kappa shape index (κ3) is 2.82. The highest BCUT2D eigenvalue weighted by atomic mass is 16.2. The lowest BCUT2D eigenvalue weighted by Crippen LogP contribution is -2.30. The molecule has 0 aliphatic heterocycles. The Morgan fingerprint density at radius 1 is 1.39 bits per heavy atom. The zero-order chi connectivity index (χ0) is 13.0. The Bertz CT molecular complexity index is 574.